The van der Waals surface area contributed by atoms with Gasteiger partial charge in [0, 0.05) is 12.1 Å². The Bertz CT molecular complexity index is 658. The highest BCUT2D eigenvalue weighted by Crippen LogP contribution is 2.37. The van der Waals surface area contributed by atoms with Crippen LogP contribution in [0.15, 0.2) is 24.3 Å². The molecule has 0 radical (unpaired) electrons. The second kappa shape index (κ2) is 9.67. The van der Waals surface area contributed by atoms with Gasteiger partial charge in [-0.3, -0.25) is 4.79 Å². The molecule has 150 valence electrons. The van der Waals surface area contributed by atoms with E-state index < -0.39 is 24.0 Å². The zero-order valence-electron chi connectivity index (χ0n) is 15.6. The third kappa shape index (κ3) is 6.19. The molecule has 0 saturated heterocycles. The highest BCUT2D eigenvalue weighted by atomic mass is 19.4. The van der Waals surface area contributed by atoms with Gasteiger partial charge < -0.3 is 14.8 Å². The molecule has 0 unspecified atom stereocenters. The van der Waals surface area contributed by atoms with Crippen LogP contribution in [-0.4, -0.2) is 31.8 Å². The molecule has 2 rings (SSSR count). The van der Waals surface area contributed by atoms with Gasteiger partial charge in [0.1, 0.15) is 0 Å². The molecule has 0 aromatic heterocycles. The molecule has 1 N–H and O–H groups in total. The summed E-state index contributed by atoms with van der Waals surface area (Å²) in [5.41, 5.74) is 0.696. The molecule has 27 heavy (non-hydrogen) atoms. The number of ether oxygens (including phenoxy) is 2. The van der Waals surface area contributed by atoms with E-state index in [2.05, 4.69) is 5.32 Å². The summed E-state index contributed by atoms with van der Waals surface area (Å²) in [5.74, 6) is -0.855. The predicted octanol–water partition coefficient (Wildman–Crippen LogP) is 4.73. The van der Waals surface area contributed by atoms with E-state index in [1.54, 1.807) is 24.3 Å². The van der Waals surface area contributed by atoms with E-state index in [9.17, 15) is 18.0 Å². The van der Waals surface area contributed by atoms with Crippen LogP contribution >= 0.6 is 0 Å². The first kappa shape index (κ1) is 21.1. The monoisotopic (exact) mass is 385 g/mol. The minimum Gasteiger partial charge on any atom is -0.493 e. The Morgan fingerprint density at radius 2 is 2.00 bits per heavy atom. The maximum absolute atomic E-state index is 13.1. The first-order valence-electron chi connectivity index (χ1n) is 9.21. The summed E-state index contributed by atoms with van der Waals surface area (Å²) in [5, 5.41) is 2.51. The molecule has 7 heteroatoms. The fourth-order valence-electron chi connectivity index (χ4n) is 3.22. The molecule has 2 atom stereocenters. The van der Waals surface area contributed by atoms with Crippen molar-refractivity contribution >= 4 is 12.0 Å². The molecule has 1 aliphatic carbocycles. The van der Waals surface area contributed by atoms with Gasteiger partial charge in [0.25, 0.3) is 0 Å². The SMILES string of the molecule is CCCOc1ccc(/C=C/C(=O)N[C@@H]2CCCC[C@H]2C(F)(F)F)cc1OC. The third-order valence-electron chi connectivity index (χ3n) is 4.59. The van der Waals surface area contributed by atoms with Crippen LogP contribution in [0.1, 0.15) is 44.6 Å². The van der Waals surface area contributed by atoms with Crippen molar-refractivity contribution in [3.05, 3.63) is 29.8 Å². The topological polar surface area (TPSA) is 47.6 Å². The van der Waals surface area contributed by atoms with E-state index in [0.717, 1.165) is 6.42 Å². The molecule has 1 fully saturated rings. The minimum atomic E-state index is -4.29. The zero-order chi connectivity index (χ0) is 19.9. The van der Waals surface area contributed by atoms with Crippen LogP contribution in [0.2, 0.25) is 0 Å². The largest absolute Gasteiger partial charge is 0.493 e. The predicted molar refractivity (Wildman–Crippen MR) is 97.8 cm³/mol. The molecular formula is C20H26F3NO3. The number of rotatable bonds is 7. The number of nitrogens with one attached hydrogen (secondary N) is 1. The van der Waals surface area contributed by atoms with Gasteiger partial charge in [-0.15, -0.1) is 0 Å². The van der Waals surface area contributed by atoms with E-state index in [1.807, 2.05) is 6.92 Å². The number of amides is 1. The van der Waals surface area contributed by atoms with E-state index >= 15 is 0 Å². The summed E-state index contributed by atoms with van der Waals surface area (Å²) in [7, 11) is 1.52. The number of methoxy groups -OCH3 is 1. The van der Waals surface area contributed by atoms with Crippen LogP contribution in [0.3, 0.4) is 0 Å². The van der Waals surface area contributed by atoms with Crippen LogP contribution < -0.4 is 14.8 Å². The molecular weight excluding hydrogens is 359 g/mol. The molecule has 1 aliphatic rings. The Labute approximate surface area is 157 Å². The van der Waals surface area contributed by atoms with Gasteiger partial charge in [-0.05, 0) is 43.0 Å². The summed E-state index contributed by atoms with van der Waals surface area (Å²) >= 11 is 0. The van der Waals surface area contributed by atoms with Gasteiger partial charge >= 0.3 is 6.18 Å². The molecule has 1 amide bonds. The average molecular weight is 385 g/mol. The Kier molecular flexibility index (Phi) is 7.56. The lowest BCUT2D eigenvalue weighted by Crippen LogP contribution is -2.47. The van der Waals surface area contributed by atoms with Crippen LogP contribution in [0.25, 0.3) is 6.08 Å². The molecule has 0 spiro atoms. The number of alkyl halides is 3. The maximum Gasteiger partial charge on any atom is 0.393 e. The fraction of sp³-hybridized carbons (Fsp3) is 0.550. The molecule has 1 aromatic carbocycles. The highest BCUT2D eigenvalue weighted by Gasteiger charge is 2.45. The van der Waals surface area contributed by atoms with Gasteiger partial charge in [-0.1, -0.05) is 25.8 Å². The van der Waals surface area contributed by atoms with Gasteiger partial charge in [-0.2, -0.15) is 13.2 Å². The van der Waals surface area contributed by atoms with Crippen molar-refractivity contribution in [2.24, 2.45) is 5.92 Å². The fourth-order valence-corrected chi connectivity index (χ4v) is 3.22. The molecule has 1 saturated carbocycles. The van der Waals surface area contributed by atoms with Gasteiger partial charge in [-0.25, -0.2) is 0 Å². The summed E-state index contributed by atoms with van der Waals surface area (Å²) in [6.45, 7) is 2.56. The summed E-state index contributed by atoms with van der Waals surface area (Å²) in [6.07, 6.45) is 1.02. The molecule has 0 aliphatic heterocycles. The molecule has 1 aromatic rings. The standard InChI is InChI=1S/C20H26F3NO3/c1-3-12-27-17-10-8-14(13-18(17)26-2)9-11-19(25)24-16-7-5-4-6-15(16)20(21,22)23/h8-11,13,15-16H,3-7,12H2,1-2H3,(H,24,25)/b11-9+/t15-,16-/m1/s1. The van der Waals surface area contributed by atoms with Crippen LogP contribution in [0.5, 0.6) is 11.5 Å². The van der Waals surface area contributed by atoms with Crippen molar-refractivity contribution in [1.29, 1.82) is 0 Å². The first-order valence-corrected chi connectivity index (χ1v) is 9.21. The molecule has 4 nitrogen and oxygen atoms in total. The lowest BCUT2D eigenvalue weighted by Gasteiger charge is -2.33. The second-order valence-electron chi connectivity index (χ2n) is 6.64. The molecule has 0 bridgehead atoms. The third-order valence-corrected chi connectivity index (χ3v) is 4.59. The smallest absolute Gasteiger partial charge is 0.393 e. The Hall–Kier alpha value is -2.18. The normalized spacial score (nSPS) is 20.5. The van der Waals surface area contributed by atoms with Crippen molar-refractivity contribution < 1.29 is 27.4 Å². The molecule has 0 heterocycles. The average Bonchev–Trinajstić information content (AvgIpc) is 2.64. The lowest BCUT2D eigenvalue weighted by molar-refractivity contribution is -0.188. The number of halogens is 3. The Balaban J connectivity index is 2.01. The zero-order valence-corrected chi connectivity index (χ0v) is 15.6. The van der Waals surface area contributed by atoms with E-state index in [4.69, 9.17) is 9.47 Å². The number of hydrogen-bond donors (Lipinski definition) is 1. The van der Waals surface area contributed by atoms with Crippen LogP contribution in [-0.2, 0) is 4.79 Å². The Morgan fingerprint density at radius 1 is 1.26 bits per heavy atom. The second-order valence-corrected chi connectivity index (χ2v) is 6.64. The van der Waals surface area contributed by atoms with E-state index in [-0.39, 0.29) is 6.42 Å². The van der Waals surface area contributed by atoms with Crippen molar-refractivity contribution in [3.63, 3.8) is 0 Å². The number of hydrogen-bond acceptors (Lipinski definition) is 3. The summed E-state index contributed by atoms with van der Waals surface area (Å²) in [4.78, 5) is 12.1. The van der Waals surface area contributed by atoms with Gasteiger partial charge in [0.2, 0.25) is 5.91 Å². The van der Waals surface area contributed by atoms with E-state index in [0.29, 0.717) is 42.9 Å². The number of carbonyl (C=O) groups excluding carboxylic acids is 1. The van der Waals surface area contributed by atoms with Crippen molar-refractivity contribution in [2.45, 2.75) is 51.2 Å². The highest BCUT2D eigenvalue weighted by molar-refractivity contribution is 5.92. The minimum absolute atomic E-state index is 0.0641. The summed E-state index contributed by atoms with van der Waals surface area (Å²) in [6, 6.07) is 4.35. The van der Waals surface area contributed by atoms with Crippen molar-refractivity contribution in [2.75, 3.05) is 13.7 Å². The number of carbonyl (C=O) groups is 1. The maximum atomic E-state index is 13.1. The van der Waals surface area contributed by atoms with E-state index in [1.165, 1.54) is 13.2 Å². The van der Waals surface area contributed by atoms with Crippen molar-refractivity contribution in [1.82, 2.24) is 5.32 Å². The lowest BCUT2D eigenvalue weighted by atomic mass is 9.84. The summed E-state index contributed by atoms with van der Waals surface area (Å²) < 4.78 is 50.2. The van der Waals surface area contributed by atoms with Gasteiger partial charge in [0.15, 0.2) is 11.5 Å². The Morgan fingerprint density at radius 3 is 2.67 bits per heavy atom. The quantitative estimate of drug-likeness (QED) is 0.690. The van der Waals surface area contributed by atoms with Crippen LogP contribution in [0, 0.1) is 5.92 Å². The van der Waals surface area contributed by atoms with Crippen LogP contribution in [0.4, 0.5) is 13.2 Å². The van der Waals surface area contributed by atoms with Crippen molar-refractivity contribution in [3.8, 4) is 11.5 Å². The number of benzene rings is 1. The van der Waals surface area contributed by atoms with Gasteiger partial charge in [0.05, 0.1) is 19.6 Å². The first-order chi connectivity index (χ1) is 12.8.